The average Bonchev–Trinajstić information content (AvgIpc) is 3.04. The van der Waals surface area contributed by atoms with E-state index in [1.807, 2.05) is 67.6 Å². The summed E-state index contributed by atoms with van der Waals surface area (Å²) in [6.45, 7) is 2.00. The Labute approximate surface area is 145 Å². The molecular formula is C20H16ClNO2. The molecule has 4 heteroatoms. The second-order valence-electron chi connectivity index (χ2n) is 5.40. The lowest BCUT2D eigenvalue weighted by molar-refractivity contribution is -0.111. The van der Waals surface area contributed by atoms with Gasteiger partial charge in [0.25, 0.3) is 0 Å². The van der Waals surface area contributed by atoms with E-state index in [1.54, 1.807) is 6.08 Å². The number of hydrogen-bond acceptors (Lipinski definition) is 2. The third kappa shape index (κ3) is 4.15. The van der Waals surface area contributed by atoms with E-state index in [9.17, 15) is 4.79 Å². The molecule has 1 aromatic heterocycles. The van der Waals surface area contributed by atoms with E-state index in [0.29, 0.717) is 16.5 Å². The number of amides is 1. The Balaban J connectivity index is 1.66. The Morgan fingerprint density at radius 2 is 1.88 bits per heavy atom. The first-order chi connectivity index (χ1) is 11.6. The number of carbonyl (C=O) groups is 1. The van der Waals surface area contributed by atoms with Crippen LogP contribution in [0.3, 0.4) is 0 Å². The van der Waals surface area contributed by atoms with Gasteiger partial charge in [-0.25, -0.2) is 0 Å². The second kappa shape index (κ2) is 7.20. The summed E-state index contributed by atoms with van der Waals surface area (Å²) in [5.74, 6) is 1.10. The predicted octanol–water partition coefficient (Wildman–Crippen LogP) is 5.56. The second-order valence-corrected chi connectivity index (χ2v) is 5.84. The van der Waals surface area contributed by atoms with Crippen molar-refractivity contribution in [2.24, 2.45) is 0 Å². The van der Waals surface area contributed by atoms with Crippen molar-refractivity contribution in [3.8, 4) is 11.3 Å². The Kier molecular flexibility index (Phi) is 4.82. The molecule has 0 fully saturated rings. The summed E-state index contributed by atoms with van der Waals surface area (Å²) in [4.78, 5) is 11.9. The maximum absolute atomic E-state index is 11.9. The molecule has 2 aromatic carbocycles. The Bertz CT molecular complexity index is 879. The molecule has 0 bridgehead atoms. The lowest BCUT2D eigenvalue weighted by atomic mass is 10.2. The molecule has 0 saturated carbocycles. The average molecular weight is 338 g/mol. The van der Waals surface area contributed by atoms with Gasteiger partial charge in [0, 0.05) is 22.3 Å². The summed E-state index contributed by atoms with van der Waals surface area (Å²) in [6.07, 6.45) is 3.08. The standard InChI is InChI=1S/C20H16ClNO2/c1-14-5-7-17(8-6-14)22-20(23)12-10-18-9-11-19(24-18)15-3-2-4-16(21)13-15/h2-13H,1H3,(H,22,23)/b12-10+. The van der Waals surface area contributed by atoms with Gasteiger partial charge in [-0.1, -0.05) is 41.4 Å². The molecule has 0 spiro atoms. The zero-order chi connectivity index (χ0) is 16.9. The van der Waals surface area contributed by atoms with E-state index >= 15 is 0 Å². The highest BCUT2D eigenvalue weighted by Gasteiger charge is 2.04. The van der Waals surface area contributed by atoms with Crippen molar-refractivity contribution in [1.82, 2.24) is 0 Å². The fourth-order valence-corrected chi connectivity index (χ4v) is 2.41. The van der Waals surface area contributed by atoms with E-state index in [0.717, 1.165) is 16.8 Å². The number of anilines is 1. The number of benzene rings is 2. The van der Waals surface area contributed by atoms with Crippen molar-refractivity contribution in [2.75, 3.05) is 5.32 Å². The number of aryl methyl sites for hydroxylation is 1. The number of carbonyl (C=O) groups excluding carboxylic acids is 1. The van der Waals surface area contributed by atoms with Gasteiger partial charge in [-0.05, 0) is 49.4 Å². The first kappa shape index (κ1) is 16.1. The van der Waals surface area contributed by atoms with Gasteiger partial charge in [-0.15, -0.1) is 0 Å². The van der Waals surface area contributed by atoms with Gasteiger partial charge in [-0.3, -0.25) is 4.79 Å². The smallest absolute Gasteiger partial charge is 0.248 e. The van der Waals surface area contributed by atoms with E-state index < -0.39 is 0 Å². The number of halogens is 1. The van der Waals surface area contributed by atoms with Crippen LogP contribution in [0.2, 0.25) is 5.02 Å². The molecule has 0 aliphatic heterocycles. The summed E-state index contributed by atoms with van der Waals surface area (Å²) in [5, 5.41) is 3.45. The monoisotopic (exact) mass is 337 g/mol. The van der Waals surface area contributed by atoms with Gasteiger partial charge < -0.3 is 9.73 Å². The molecule has 0 unspecified atom stereocenters. The number of hydrogen-bond donors (Lipinski definition) is 1. The molecule has 24 heavy (non-hydrogen) atoms. The van der Waals surface area contributed by atoms with Crippen LogP contribution < -0.4 is 5.32 Å². The van der Waals surface area contributed by atoms with Gasteiger partial charge in [0.15, 0.2) is 0 Å². The highest BCUT2D eigenvalue weighted by atomic mass is 35.5. The van der Waals surface area contributed by atoms with Gasteiger partial charge in [0.1, 0.15) is 11.5 Å². The molecule has 1 amide bonds. The van der Waals surface area contributed by atoms with Crippen LogP contribution in [0, 0.1) is 6.92 Å². The molecule has 1 heterocycles. The minimum atomic E-state index is -0.209. The minimum absolute atomic E-state index is 0.209. The number of furan rings is 1. The van der Waals surface area contributed by atoms with Crippen LogP contribution in [0.4, 0.5) is 5.69 Å². The van der Waals surface area contributed by atoms with Gasteiger partial charge >= 0.3 is 0 Å². The van der Waals surface area contributed by atoms with Crippen LogP contribution >= 0.6 is 11.6 Å². The number of rotatable bonds is 4. The van der Waals surface area contributed by atoms with Crippen molar-refractivity contribution in [3.63, 3.8) is 0 Å². The first-order valence-corrected chi connectivity index (χ1v) is 7.89. The van der Waals surface area contributed by atoms with Crippen molar-refractivity contribution >= 4 is 29.3 Å². The van der Waals surface area contributed by atoms with Crippen LogP contribution in [0.25, 0.3) is 17.4 Å². The van der Waals surface area contributed by atoms with E-state index in [2.05, 4.69) is 5.32 Å². The fraction of sp³-hybridized carbons (Fsp3) is 0.0500. The topological polar surface area (TPSA) is 42.2 Å². The molecule has 1 N–H and O–H groups in total. The SMILES string of the molecule is Cc1ccc(NC(=O)/C=C/c2ccc(-c3cccc(Cl)c3)o2)cc1. The lowest BCUT2D eigenvalue weighted by Gasteiger charge is -2.01. The predicted molar refractivity (Wildman–Crippen MR) is 98.0 cm³/mol. The van der Waals surface area contributed by atoms with Crippen LogP contribution in [-0.2, 0) is 4.79 Å². The molecule has 0 aliphatic carbocycles. The van der Waals surface area contributed by atoms with Crippen molar-refractivity contribution < 1.29 is 9.21 Å². The molecule has 0 aliphatic rings. The van der Waals surface area contributed by atoms with Crippen LogP contribution in [-0.4, -0.2) is 5.91 Å². The highest BCUT2D eigenvalue weighted by Crippen LogP contribution is 2.25. The lowest BCUT2D eigenvalue weighted by Crippen LogP contribution is -2.07. The molecule has 0 atom stereocenters. The summed E-state index contributed by atoms with van der Waals surface area (Å²) in [7, 11) is 0. The third-order valence-corrected chi connectivity index (χ3v) is 3.69. The largest absolute Gasteiger partial charge is 0.457 e. The quantitative estimate of drug-likeness (QED) is 0.633. The van der Waals surface area contributed by atoms with E-state index in [1.165, 1.54) is 6.08 Å². The molecule has 120 valence electrons. The van der Waals surface area contributed by atoms with Crippen LogP contribution in [0.1, 0.15) is 11.3 Å². The fourth-order valence-electron chi connectivity index (χ4n) is 2.22. The Hall–Kier alpha value is -2.78. The van der Waals surface area contributed by atoms with Gasteiger partial charge in [-0.2, -0.15) is 0 Å². The third-order valence-electron chi connectivity index (χ3n) is 3.45. The summed E-state index contributed by atoms with van der Waals surface area (Å²) < 4.78 is 5.72. The maximum atomic E-state index is 11.9. The Morgan fingerprint density at radius 3 is 2.62 bits per heavy atom. The molecule has 3 nitrogen and oxygen atoms in total. The highest BCUT2D eigenvalue weighted by molar-refractivity contribution is 6.30. The molecule has 3 rings (SSSR count). The molecule has 0 saturated heterocycles. The summed E-state index contributed by atoms with van der Waals surface area (Å²) >= 11 is 5.98. The minimum Gasteiger partial charge on any atom is -0.457 e. The van der Waals surface area contributed by atoms with Gasteiger partial charge in [0.2, 0.25) is 5.91 Å². The Morgan fingerprint density at radius 1 is 1.08 bits per heavy atom. The van der Waals surface area contributed by atoms with Crippen LogP contribution in [0.5, 0.6) is 0 Å². The van der Waals surface area contributed by atoms with Crippen molar-refractivity contribution in [3.05, 3.63) is 83.1 Å². The first-order valence-electron chi connectivity index (χ1n) is 7.52. The molecule has 3 aromatic rings. The molecular weight excluding hydrogens is 322 g/mol. The van der Waals surface area contributed by atoms with E-state index in [-0.39, 0.29) is 5.91 Å². The van der Waals surface area contributed by atoms with Crippen LogP contribution in [0.15, 0.2) is 71.2 Å². The summed E-state index contributed by atoms with van der Waals surface area (Å²) in [5.41, 5.74) is 2.80. The van der Waals surface area contributed by atoms with E-state index in [4.69, 9.17) is 16.0 Å². The van der Waals surface area contributed by atoms with Gasteiger partial charge in [0.05, 0.1) is 0 Å². The normalized spacial score (nSPS) is 10.9. The zero-order valence-electron chi connectivity index (χ0n) is 13.1. The molecule has 0 radical (unpaired) electrons. The number of nitrogens with one attached hydrogen (secondary N) is 1. The maximum Gasteiger partial charge on any atom is 0.248 e. The summed E-state index contributed by atoms with van der Waals surface area (Å²) in [6, 6.07) is 18.7. The van der Waals surface area contributed by atoms with Crippen molar-refractivity contribution in [2.45, 2.75) is 6.92 Å². The van der Waals surface area contributed by atoms with Crippen molar-refractivity contribution in [1.29, 1.82) is 0 Å². The zero-order valence-corrected chi connectivity index (χ0v) is 13.9.